The summed E-state index contributed by atoms with van der Waals surface area (Å²) in [5, 5.41) is 18.9. The standard InChI is InChI=1S/C34H27FN2O3.C29H23BrFNO3.C5H6BNO2/c1-22-17-30-29(20-28(22)25-3-2-15-36-21-25)31(12-16-37-30)40-27-10-6-24(7-11-27)19-33(39)34(13-14-34)32(38)18-23-4-8-26(35)9-5-23;1-18-14-25-23(17-24(18)30)26(10-13-32-25)35-22-8-4-20(5-9-22)16-28(34)29(11-12-29)27(33)15-19-2-6-21(31)7-3-19;8-6(9)5-2-1-3-7-4-5/h2-12,15-17,20-21H,13-14,18-19H2,1H3;2-10,13-14,17H,11-12,15-16H2,1H3;1-4,8-9H. The van der Waals surface area contributed by atoms with Gasteiger partial charge in [0.1, 0.15) is 34.6 Å². The van der Waals surface area contributed by atoms with Crippen LogP contribution in [0.15, 0.2) is 199 Å². The third kappa shape index (κ3) is 13.9. The van der Waals surface area contributed by atoms with Crippen molar-refractivity contribution in [3.8, 4) is 34.1 Å². The Morgan fingerprint density at radius 1 is 0.512 bits per heavy atom. The van der Waals surface area contributed by atoms with E-state index >= 15 is 0 Å². The van der Waals surface area contributed by atoms with Crippen LogP contribution in [0.2, 0.25) is 0 Å². The maximum atomic E-state index is 13.2. The van der Waals surface area contributed by atoms with E-state index in [2.05, 4.69) is 48.9 Å². The highest BCUT2D eigenvalue weighted by Gasteiger charge is 2.55. The van der Waals surface area contributed by atoms with E-state index in [-0.39, 0.29) is 60.5 Å². The van der Waals surface area contributed by atoms with Crippen molar-refractivity contribution in [2.24, 2.45) is 10.8 Å². The van der Waals surface area contributed by atoms with Gasteiger partial charge in [0.25, 0.3) is 0 Å². The summed E-state index contributed by atoms with van der Waals surface area (Å²) in [5.74, 6) is 1.69. The highest BCUT2D eigenvalue weighted by Crippen LogP contribution is 2.50. The zero-order valence-corrected chi connectivity index (χ0v) is 47.6. The van der Waals surface area contributed by atoms with E-state index in [1.54, 1.807) is 61.2 Å². The predicted octanol–water partition coefficient (Wildman–Crippen LogP) is 12.9. The SMILES string of the molecule is Cc1cc2nccc(Oc3ccc(CC(=O)C4(C(=O)Cc5ccc(F)cc5)CC4)cc3)c2cc1-c1cccnc1.Cc1cc2nccc(Oc3ccc(CC(=O)C4(C(=O)Cc5ccc(F)cc5)CC4)cc3)c2cc1Br.OB(O)c1cccnc1. The van der Waals surface area contributed by atoms with Gasteiger partial charge < -0.3 is 19.5 Å². The molecule has 0 unspecified atom stereocenters. The van der Waals surface area contributed by atoms with Gasteiger partial charge >= 0.3 is 7.12 Å². The third-order valence-electron chi connectivity index (χ3n) is 15.2. The van der Waals surface area contributed by atoms with E-state index in [4.69, 9.17) is 19.5 Å². The first-order chi connectivity index (χ1) is 40.5. The molecule has 0 spiro atoms. The van der Waals surface area contributed by atoms with Gasteiger partial charge in [0.2, 0.25) is 0 Å². The van der Waals surface area contributed by atoms with Gasteiger partial charge in [-0.15, -0.1) is 0 Å². The van der Waals surface area contributed by atoms with Crippen molar-refractivity contribution in [1.29, 1.82) is 0 Å². The van der Waals surface area contributed by atoms with Crippen LogP contribution in [-0.4, -0.2) is 60.2 Å². The van der Waals surface area contributed by atoms with Crippen molar-refractivity contribution in [2.75, 3.05) is 0 Å². The first-order valence-electron chi connectivity index (χ1n) is 27.3. The molecule has 4 heterocycles. The molecule has 2 aliphatic carbocycles. The average Bonchev–Trinajstić information content (AvgIpc) is 2.80. The topological polar surface area (TPSA) is 179 Å². The summed E-state index contributed by atoms with van der Waals surface area (Å²) in [7, 11) is -1.40. The number of Topliss-reactive ketones (excluding diaryl/α,β-unsaturated/α-hetero) is 4. The lowest BCUT2D eigenvalue weighted by atomic mass is 9.82. The molecule has 12 nitrogen and oxygen atoms in total. The summed E-state index contributed by atoms with van der Waals surface area (Å²) in [6.07, 6.45) is 13.0. The van der Waals surface area contributed by atoms with Crippen LogP contribution in [0.4, 0.5) is 8.78 Å². The smallest absolute Gasteiger partial charge is 0.457 e. The van der Waals surface area contributed by atoms with Gasteiger partial charge in [-0.05, 0) is 176 Å². The van der Waals surface area contributed by atoms with Crippen molar-refractivity contribution < 1.29 is 47.5 Å². The number of carbonyl (C=O) groups is 4. The van der Waals surface area contributed by atoms with Crippen LogP contribution in [0.25, 0.3) is 32.9 Å². The Bertz CT molecular complexity index is 4020. The minimum absolute atomic E-state index is 0.0568. The average molecular weight is 1190 g/mol. The Morgan fingerprint density at radius 3 is 1.30 bits per heavy atom. The summed E-state index contributed by atoms with van der Waals surface area (Å²) < 4.78 is 39.7. The molecule has 0 bridgehead atoms. The van der Waals surface area contributed by atoms with Gasteiger partial charge in [0, 0.05) is 89.1 Å². The molecule has 4 aromatic heterocycles. The number of pyridine rings is 4. The molecule has 0 amide bonds. The first kappa shape index (κ1) is 58.2. The molecule has 2 fully saturated rings. The monoisotopic (exact) mass is 1180 g/mol. The second-order valence-corrected chi connectivity index (χ2v) is 22.0. The molecule has 2 aliphatic rings. The number of fused-ring (bicyclic) bond motifs is 2. The zero-order valence-electron chi connectivity index (χ0n) is 46.0. The van der Waals surface area contributed by atoms with Crippen LogP contribution in [-0.2, 0) is 44.9 Å². The summed E-state index contributed by atoms with van der Waals surface area (Å²) in [5.41, 5.74) is 7.69. The molecule has 0 aliphatic heterocycles. The highest BCUT2D eigenvalue weighted by molar-refractivity contribution is 9.10. The van der Waals surface area contributed by atoms with E-state index in [1.807, 2.05) is 104 Å². The quantitative estimate of drug-likeness (QED) is 0.0614. The fourth-order valence-electron chi connectivity index (χ4n) is 9.96. The number of hydrogen-bond acceptors (Lipinski definition) is 12. The number of rotatable bonds is 18. The van der Waals surface area contributed by atoms with Crippen LogP contribution in [0.1, 0.15) is 59.1 Å². The van der Waals surface area contributed by atoms with Crippen LogP contribution in [0.3, 0.4) is 0 Å². The predicted molar refractivity (Wildman–Crippen MR) is 322 cm³/mol. The van der Waals surface area contributed by atoms with Crippen LogP contribution in [0.5, 0.6) is 23.0 Å². The largest absolute Gasteiger partial charge is 0.490 e. The number of carbonyl (C=O) groups excluding carboxylic acids is 4. The maximum Gasteiger partial charge on any atom is 0.490 e. The number of aryl methyl sites for hydroxylation is 2. The van der Waals surface area contributed by atoms with Crippen molar-refractivity contribution in [3.63, 3.8) is 0 Å². The van der Waals surface area contributed by atoms with E-state index in [0.717, 1.165) is 70.8 Å². The Kier molecular flexibility index (Phi) is 17.8. The molecule has 2 saturated carbocycles. The lowest BCUT2D eigenvalue weighted by Crippen LogP contribution is -2.29. The fraction of sp³-hybridized carbons (Fsp3) is 0.176. The van der Waals surface area contributed by atoms with E-state index < -0.39 is 17.9 Å². The number of benzene rings is 6. The molecular formula is C68H56BBrF2N4O8. The van der Waals surface area contributed by atoms with Gasteiger partial charge in [-0.25, -0.2) is 8.78 Å². The zero-order chi connectivity index (χ0) is 59.0. The van der Waals surface area contributed by atoms with Gasteiger partial charge in [0.15, 0.2) is 23.1 Å². The Hall–Kier alpha value is -8.96. The molecule has 0 saturated heterocycles. The molecule has 6 aromatic carbocycles. The first-order valence-corrected chi connectivity index (χ1v) is 28.1. The number of nitrogens with zero attached hydrogens (tertiary/aromatic N) is 4. The maximum absolute atomic E-state index is 13.2. The highest BCUT2D eigenvalue weighted by atomic mass is 79.9. The molecule has 16 heteroatoms. The van der Waals surface area contributed by atoms with Gasteiger partial charge in [-0.2, -0.15) is 0 Å². The summed E-state index contributed by atoms with van der Waals surface area (Å²) in [6.45, 7) is 4.07. The third-order valence-corrected chi connectivity index (χ3v) is 16.1. The lowest BCUT2D eigenvalue weighted by Gasteiger charge is -2.14. The Labute approximate surface area is 492 Å². The molecule has 0 atom stereocenters. The second-order valence-electron chi connectivity index (χ2n) is 21.1. The second kappa shape index (κ2) is 25.7. The molecule has 10 aromatic rings. The van der Waals surface area contributed by atoms with Gasteiger partial charge in [-0.1, -0.05) is 76.6 Å². The van der Waals surface area contributed by atoms with Crippen LogP contribution < -0.4 is 14.9 Å². The van der Waals surface area contributed by atoms with Crippen LogP contribution in [0, 0.1) is 36.3 Å². The normalized spacial score (nSPS) is 13.3. The number of aromatic nitrogens is 4. The van der Waals surface area contributed by atoms with Crippen molar-refractivity contribution in [1.82, 2.24) is 19.9 Å². The number of hydrogen-bond donors (Lipinski definition) is 2. The Morgan fingerprint density at radius 2 is 0.917 bits per heavy atom. The molecule has 0 radical (unpaired) electrons. The Balaban J connectivity index is 0.000000164. The molecule has 2 N–H and O–H groups in total. The van der Waals surface area contributed by atoms with E-state index in [9.17, 15) is 28.0 Å². The van der Waals surface area contributed by atoms with Crippen molar-refractivity contribution in [3.05, 3.63) is 244 Å². The van der Waals surface area contributed by atoms with Gasteiger partial charge in [-0.3, -0.25) is 39.1 Å². The van der Waals surface area contributed by atoms with Crippen molar-refractivity contribution >= 4 is 73.4 Å². The molecular weight excluding hydrogens is 1130 g/mol. The number of ketones is 4. The summed E-state index contributed by atoms with van der Waals surface area (Å²) >= 11 is 3.57. The number of ether oxygens (including phenoxy) is 2. The number of halogens is 3. The lowest BCUT2D eigenvalue weighted by molar-refractivity contribution is -0.135. The molecule has 12 rings (SSSR count). The van der Waals surface area contributed by atoms with Crippen molar-refractivity contribution in [2.45, 2.75) is 65.2 Å². The van der Waals surface area contributed by atoms with E-state index in [0.29, 0.717) is 54.1 Å². The van der Waals surface area contributed by atoms with Gasteiger partial charge in [0.05, 0.1) is 21.9 Å². The molecule has 84 heavy (non-hydrogen) atoms. The minimum Gasteiger partial charge on any atom is -0.457 e. The fourth-order valence-corrected chi connectivity index (χ4v) is 10.3. The minimum atomic E-state index is -1.40. The van der Waals surface area contributed by atoms with Crippen LogP contribution >= 0.6 is 15.9 Å². The molecule has 420 valence electrons. The van der Waals surface area contributed by atoms with E-state index in [1.165, 1.54) is 30.5 Å². The summed E-state index contributed by atoms with van der Waals surface area (Å²) in [6, 6.07) is 45.5. The summed E-state index contributed by atoms with van der Waals surface area (Å²) in [4.78, 5) is 68.9.